The molecule has 0 aromatic heterocycles. The molecule has 3 aromatic rings. The van der Waals surface area contributed by atoms with Crippen LogP contribution in [0.3, 0.4) is 0 Å². The number of aliphatic hydroxyl groups excluding tert-OH is 1. The molecule has 0 heterocycles. The number of carbonyl (C=O) groups excluding carboxylic acids is 1. The number of hydrogen-bond acceptors (Lipinski definition) is 3. The van der Waals surface area contributed by atoms with Crippen LogP contribution in [0.2, 0.25) is 0 Å². The van der Waals surface area contributed by atoms with E-state index in [-0.39, 0.29) is 24.6 Å². The standard InChI is InChI=1S/C23H19F2NO3/c24-20-10-9-14(11-21(20)25)22(27)12-26-23(28)29-13-19-17-7-3-1-5-15(17)16-6-2-4-8-18(16)19/h1-11,19,22,27H,12-13H2,(H,26,28). The number of benzene rings is 3. The predicted octanol–water partition coefficient (Wildman–Crippen LogP) is 4.54. The summed E-state index contributed by atoms with van der Waals surface area (Å²) in [5.41, 5.74) is 4.63. The second-order valence-corrected chi connectivity index (χ2v) is 6.90. The van der Waals surface area contributed by atoms with E-state index in [2.05, 4.69) is 5.32 Å². The number of alkyl carbamates (subject to hydrolysis) is 1. The van der Waals surface area contributed by atoms with Crippen LogP contribution < -0.4 is 5.32 Å². The topological polar surface area (TPSA) is 58.6 Å². The summed E-state index contributed by atoms with van der Waals surface area (Å²) >= 11 is 0. The third-order valence-corrected chi connectivity index (χ3v) is 5.11. The summed E-state index contributed by atoms with van der Waals surface area (Å²) in [5.74, 6) is -2.11. The molecule has 1 aliphatic rings. The predicted molar refractivity (Wildman–Crippen MR) is 104 cm³/mol. The average Bonchev–Trinajstić information content (AvgIpc) is 3.06. The van der Waals surface area contributed by atoms with E-state index in [9.17, 15) is 18.7 Å². The van der Waals surface area contributed by atoms with E-state index >= 15 is 0 Å². The maximum absolute atomic E-state index is 13.3. The maximum Gasteiger partial charge on any atom is 0.407 e. The van der Waals surface area contributed by atoms with Crippen LogP contribution in [0.5, 0.6) is 0 Å². The molecule has 4 nitrogen and oxygen atoms in total. The van der Waals surface area contributed by atoms with Crippen molar-refractivity contribution in [1.29, 1.82) is 0 Å². The van der Waals surface area contributed by atoms with Crippen molar-refractivity contribution < 1.29 is 23.4 Å². The summed E-state index contributed by atoms with van der Waals surface area (Å²) in [5, 5.41) is 12.5. The van der Waals surface area contributed by atoms with Gasteiger partial charge in [0.15, 0.2) is 11.6 Å². The zero-order chi connectivity index (χ0) is 20.4. The number of carbonyl (C=O) groups is 1. The fourth-order valence-electron chi connectivity index (χ4n) is 3.67. The molecule has 6 heteroatoms. The molecule has 1 aliphatic carbocycles. The minimum Gasteiger partial charge on any atom is -0.449 e. The first kappa shape index (κ1) is 19.1. The molecular weight excluding hydrogens is 376 g/mol. The molecule has 2 N–H and O–H groups in total. The van der Waals surface area contributed by atoms with Crippen molar-refractivity contribution in [2.45, 2.75) is 12.0 Å². The van der Waals surface area contributed by atoms with Gasteiger partial charge in [0.05, 0.1) is 12.6 Å². The van der Waals surface area contributed by atoms with E-state index in [0.717, 1.165) is 34.4 Å². The first-order valence-corrected chi connectivity index (χ1v) is 9.26. The van der Waals surface area contributed by atoms with Crippen molar-refractivity contribution in [3.8, 4) is 11.1 Å². The lowest BCUT2D eigenvalue weighted by Crippen LogP contribution is -2.30. The highest BCUT2D eigenvalue weighted by Gasteiger charge is 2.29. The number of amides is 1. The Hall–Kier alpha value is -3.25. The summed E-state index contributed by atoms with van der Waals surface area (Å²) in [6, 6.07) is 19.1. The molecule has 29 heavy (non-hydrogen) atoms. The molecule has 0 saturated heterocycles. The third kappa shape index (κ3) is 3.84. The molecule has 0 aliphatic heterocycles. The van der Waals surface area contributed by atoms with Gasteiger partial charge in [-0.05, 0) is 39.9 Å². The molecule has 3 aromatic carbocycles. The summed E-state index contributed by atoms with van der Waals surface area (Å²) in [6.07, 6.45) is -1.86. The van der Waals surface area contributed by atoms with Crippen molar-refractivity contribution in [3.05, 3.63) is 95.1 Å². The largest absolute Gasteiger partial charge is 0.449 e. The van der Waals surface area contributed by atoms with E-state index in [1.165, 1.54) is 6.07 Å². The first-order valence-electron chi connectivity index (χ1n) is 9.26. The van der Waals surface area contributed by atoms with Crippen LogP contribution in [0, 0.1) is 11.6 Å². The summed E-state index contributed by atoms with van der Waals surface area (Å²) < 4.78 is 31.6. The number of nitrogens with one attached hydrogen (secondary N) is 1. The van der Waals surface area contributed by atoms with Gasteiger partial charge in [-0.1, -0.05) is 54.6 Å². The molecule has 0 bridgehead atoms. The average molecular weight is 395 g/mol. The van der Waals surface area contributed by atoms with Crippen LogP contribution in [0.1, 0.15) is 28.7 Å². The highest BCUT2D eigenvalue weighted by Crippen LogP contribution is 2.44. The van der Waals surface area contributed by atoms with Crippen LogP contribution in [-0.2, 0) is 4.74 Å². The Bertz CT molecular complexity index is 1010. The van der Waals surface area contributed by atoms with Gasteiger partial charge in [0.1, 0.15) is 6.61 Å². The van der Waals surface area contributed by atoms with Crippen LogP contribution >= 0.6 is 0 Å². The van der Waals surface area contributed by atoms with Gasteiger partial charge < -0.3 is 15.2 Å². The fraction of sp³-hybridized carbons (Fsp3) is 0.174. The van der Waals surface area contributed by atoms with Gasteiger partial charge in [-0.2, -0.15) is 0 Å². The zero-order valence-electron chi connectivity index (χ0n) is 15.4. The van der Waals surface area contributed by atoms with Crippen molar-refractivity contribution in [2.24, 2.45) is 0 Å². The molecule has 1 atom stereocenters. The Morgan fingerprint density at radius 3 is 2.21 bits per heavy atom. The van der Waals surface area contributed by atoms with E-state index < -0.39 is 23.8 Å². The molecule has 1 amide bonds. The third-order valence-electron chi connectivity index (χ3n) is 5.11. The molecule has 0 radical (unpaired) electrons. The van der Waals surface area contributed by atoms with Gasteiger partial charge in [-0.15, -0.1) is 0 Å². The van der Waals surface area contributed by atoms with Crippen LogP contribution in [0.4, 0.5) is 13.6 Å². The SMILES string of the molecule is O=C(NCC(O)c1ccc(F)c(F)c1)OCC1c2ccccc2-c2ccccc21. The van der Waals surface area contributed by atoms with Gasteiger partial charge in [-0.3, -0.25) is 0 Å². The number of ether oxygens (including phenoxy) is 1. The first-order chi connectivity index (χ1) is 14.0. The molecule has 0 saturated carbocycles. The Morgan fingerprint density at radius 2 is 1.59 bits per heavy atom. The fourth-order valence-corrected chi connectivity index (χ4v) is 3.67. The minimum absolute atomic E-state index is 0.0655. The van der Waals surface area contributed by atoms with Gasteiger partial charge >= 0.3 is 6.09 Å². The Morgan fingerprint density at radius 1 is 0.966 bits per heavy atom. The quantitative estimate of drug-likeness (QED) is 0.667. The number of halogens is 2. The highest BCUT2D eigenvalue weighted by atomic mass is 19.2. The minimum atomic E-state index is -1.18. The second-order valence-electron chi connectivity index (χ2n) is 6.90. The lowest BCUT2D eigenvalue weighted by molar-refractivity contribution is 0.128. The summed E-state index contributed by atoms with van der Waals surface area (Å²) in [7, 11) is 0. The van der Waals surface area contributed by atoms with Gasteiger partial charge in [0, 0.05) is 5.92 Å². The molecule has 0 spiro atoms. The molecule has 4 rings (SSSR count). The number of fused-ring (bicyclic) bond motifs is 3. The lowest BCUT2D eigenvalue weighted by Gasteiger charge is -2.16. The lowest BCUT2D eigenvalue weighted by atomic mass is 9.98. The van der Waals surface area contributed by atoms with Crippen molar-refractivity contribution in [1.82, 2.24) is 5.32 Å². The van der Waals surface area contributed by atoms with Crippen LogP contribution in [0.15, 0.2) is 66.7 Å². The van der Waals surface area contributed by atoms with Crippen molar-refractivity contribution >= 4 is 6.09 Å². The molecule has 1 unspecified atom stereocenters. The van der Waals surface area contributed by atoms with E-state index in [0.29, 0.717) is 0 Å². The van der Waals surface area contributed by atoms with Crippen LogP contribution in [0.25, 0.3) is 11.1 Å². The van der Waals surface area contributed by atoms with E-state index in [1.807, 2.05) is 48.5 Å². The zero-order valence-corrected chi connectivity index (χ0v) is 15.4. The van der Waals surface area contributed by atoms with Crippen molar-refractivity contribution in [3.63, 3.8) is 0 Å². The highest BCUT2D eigenvalue weighted by molar-refractivity contribution is 5.79. The smallest absolute Gasteiger partial charge is 0.407 e. The monoisotopic (exact) mass is 395 g/mol. The summed E-state index contributed by atoms with van der Waals surface area (Å²) in [4.78, 5) is 12.1. The van der Waals surface area contributed by atoms with Crippen molar-refractivity contribution in [2.75, 3.05) is 13.2 Å². The Balaban J connectivity index is 1.37. The molecular formula is C23H19F2NO3. The van der Waals surface area contributed by atoms with E-state index in [1.54, 1.807) is 0 Å². The van der Waals surface area contributed by atoms with E-state index in [4.69, 9.17) is 4.74 Å². The summed E-state index contributed by atoms with van der Waals surface area (Å²) in [6.45, 7) is -0.0249. The molecule has 0 fully saturated rings. The normalized spacial score (nSPS) is 13.5. The number of rotatable bonds is 5. The second kappa shape index (κ2) is 8.01. The number of aliphatic hydroxyl groups is 1. The van der Waals surface area contributed by atoms with Gasteiger partial charge in [-0.25, -0.2) is 13.6 Å². The maximum atomic E-state index is 13.3. The van der Waals surface area contributed by atoms with Crippen LogP contribution in [-0.4, -0.2) is 24.4 Å². The van der Waals surface area contributed by atoms with Gasteiger partial charge in [0.25, 0.3) is 0 Å². The Kier molecular flexibility index (Phi) is 5.27. The molecule has 148 valence electrons. The Labute approximate surface area is 166 Å². The number of hydrogen-bond donors (Lipinski definition) is 2. The van der Waals surface area contributed by atoms with Gasteiger partial charge in [0.2, 0.25) is 0 Å².